The average molecular weight is 244 g/mol. The molecule has 0 bridgehead atoms. The van der Waals surface area contributed by atoms with E-state index in [-0.39, 0.29) is 0 Å². The van der Waals surface area contributed by atoms with Crippen LogP contribution in [0.2, 0.25) is 0 Å². The Labute approximate surface area is 106 Å². The van der Waals surface area contributed by atoms with Crippen LogP contribution in [-0.2, 0) is 0 Å². The summed E-state index contributed by atoms with van der Waals surface area (Å²) >= 11 is 1.81. The van der Waals surface area contributed by atoms with Crippen molar-refractivity contribution < 1.29 is 0 Å². The third-order valence-electron chi connectivity index (χ3n) is 2.53. The molecule has 0 fully saturated rings. The smallest absolute Gasteiger partial charge is 0.0394 e. The summed E-state index contributed by atoms with van der Waals surface area (Å²) in [6.07, 6.45) is 0. The molecule has 2 aromatic rings. The Kier molecular flexibility index (Phi) is 3.59. The third-order valence-corrected chi connectivity index (χ3v) is 3.41. The van der Waals surface area contributed by atoms with Gasteiger partial charge in [0.2, 0.25) is 0 Å². The van der Waals surface area contributed by atoms with Gasteiger partial charge in [0, 0.05) is 21.8 Å². The summed E-state index contributed by atoms with van der Waals surface area (Å²) in [6.45, 7) is 2.14. The van der Waals surface area contributed by atoms with Crippen molar-refractivity contribution >= 4 is 23.1 Å². The Balaban J connectivity index is 2.46. The van der Waals surface area contributed by atoms with Gasteiger partial charge >= 0.3 is 0 Å². The van der Waals surface area contributed by atoms with Crippen molar-refractivity contribution in [3.63, 3.8) is 0 Å². The van der Waals surface area contributed by atoms with Gasteiger partial charge in [0.25, 0.3) is 0 Å². The summed E-state index contributed by atoms with van der Waals surface area (Å²) < 4.78 is 0. The summed E-state index contributed by atoms with van der Waals surface area (Å²) in [7, 11) is 0. The SMILES string of the molecule is CCSc1ccc(N)c(-c2cccc(N)c2)c1. The van der Waals surface area contributed by atoms with E-state index in [2.05, 4.69) is 19.1 Å². The molecule has 0 aliphatic rings. The van der Waals surface area contributed by atoms with Gasteiger partial charge in [0.15, 0.2) is 0 Å². The van der Waals surface area contributed by atoms with Crippen LogP contribution < -0.4 is 11.5 Å². The Morgan fingerprint density at radius 2 is 1.88 bits per heavy atom. The molecule has 2 aromatic carbocycles. The van der Waals surface area contributed by atoms with Crippen molar-refractivity contribution in [2.75, 3.05) is 17.2 Å². The standard InChI is InChI=1S/C14H16N2S/c1-2-17-12-6-7-14(16)13(9-12)10-4-3-5-11(15)8-10/h3-9H,2,15-16H2,1H3. The molecule has 0 aliphatic heterocycles. The minimum atomic E-state index is 0.760. The number of thioether (sulfide) groups is 1. The summed E-state index contributed by atoms with van der Waals surface area (Å²) in [5, 5.41) is 0. The highest BCUT2D eigenvalue weighted by atomic mass is 32.2. The highest BCUT2D eigenvalue weighted by molar-refractivity contribution is 7.99. The van der Waals surface area contributed by atoms with Crippen molar-refractivity contribution in [1.82, 2.24) is 0 Å². The quantitative estimate of drug-likeness (QED) is 0.640. The van der Waals surface area contributed by atoms with Crippen molar-refractivity contribution in [2.24, 2.45) is 0 Å². The molecule has 17 heavy (non-hydrogen) atoms. The van der Waals surface area contributed by atoms with Crippen molar-refractivity contribution in [3.05, 3.63) is 42.5 Å². The predicted molar refractivity (Wildman–Crippen MR) is 77.1 cm³/mol. The van der Waals surface area contributed by atoms with Crippen LogP contribution in [0.5, 0.6) is 0 Å². The molecule has 0 aromatic heterocycles. The molecule has 88 valence electrons. The van der Waals surface area contributed by atoms with Crippen LogP contribution in [0.25, 0.3) is 11.1 Å². The molecule has 3 heteroatoms. The minimum Gasteiger partial charge on any atom is -0.399 e. The Morgan fingerprint density at radius 3 is 2.59 bits per heavy atom. The first kappa shape index (κ1) is 11.9. The minimum absolute atomic E-state index is 0.760. The predicted octanol–water partition coefficient (Wildman–Crippen LogP) is 3.63. The lowest BCUT2D eigenvalue weighted by Crippen LogP contribution is -1.92. The molecule has 0 radical (unpaired) electrons. The summed E-state index contributed by atoms with van der Waals surface area (Å²) in [5.41, 5.74) is 15.5. The fourth-order valence-corrected chi connectivity index (χ4v) is 2.45. The molecule has 4 N–H and O–H groups in total. The molecular formula is C14H16N2S. The maximum Gasteiger partial charge on any atom is 0.0394 e. The number of rotatable bonds is 3. The lowest BCUT2D eigenvalue weighted by atomic mass is 10.0. The van der Waals surface area contributed by atoms with Gasteiger partial charge in [-0.05, 0) is 41.6 Å². The summed E-state index contributed by atoms with van der Waals surface area (Å²) in [6, 6.07) is 13.9. The highest BCUT2D eigenvalue weighted by Crippen LogP contribution is 2.31. The van der Waals surface area contributed by atoms with Crippen LogP contribution in [-0.4, -0.2) is 5.75 Å². The van der Waals surface area contributed by atoms with Gasteiger partial charge < -0.3 is 11.5 Å². The van der Waals surface area contributed by atoms with Crippen LogP contribution in [0.3, 0.4) is 0 Å². The normalized spacial score (nSPS) is 10.4. The van der Waals surface area contributed by atoms with Gasteiger partial charge in [-0.2, -0.15) is 0 Å². The zero-order valence-electron chi connectivity index (χ0n) is 9.81. The van der Waals surface area contributed by atoms with Crippen LogP contribution >= 0.6 is 11.8 Å². The van der Waals surface area contributed by atoms with Gasteiger partial charge in [0.1, 0.15) is 0 Å². The van der Waals surface area contributed by atoms with E-state index in [1.54, 1.807) is 0 Å². The molecule has 0 unspecified atom stereocenters. The lowest BCUT2D eigenvalue weighted by Gasteiger charge is -2.09. The average Bonchev–Trinajstić information content (AvgIpc) is 2.32. The summed E-state index contributed by atoms with van der Waals surface area (Å²) in [4.78, 5) is 1.24. The molecule has 0 aliphatic carbocycles. The largest absolute Gasteiger partial charge is 0.399 e. The molecule has 0 amide bonds. The first-order valence-electron chi connectivity index (χ1n) is 5.59. The molecule has 0 spiro atoms. The van der Waals surface area contributed by atoms with Gasteiger partial charge in [0.05, 0.1) is 0 Å². The Bertz CT molecular complexity index is 523. The van der Waals surface area contributed by atoms with Crippen LogP contribution in [0.1, 0.15) is 6.92 Å². The number of hydrogen-bond acceptors (Lipinski definition) is 3. The van der Waals surface area contributed by atoms with Crippen molar-refractivity contribution in [1.29, 1.82) is 0 Å². The van der Waals surface area contributed by atoms with E-state index in [4.69, 9.17) is 11.5 Å². The van der Waals surface area contributed by atoms with Gasteiger partial charge in [-0.15, -0.1) is 11.8 Å². The van der Waals surface area contributed by atoms with E-state index in [1.165, 1.54) is 4.90 Å². The van der Waals surface area contributed by atoms with Crippen molar-refractivity contribution in [3.8, 4) is 11.1 Å². The second-order valence-electron chi connectivity index (χ2n) is 3.81. The summed E-state index contributed by atoms with van der Waals surface area (Å²) in [5.74, 6) is 1.06. The number of benzene rings is 2. The van der Waals surface area contributed by atoms with E-state index >= 15 is 0 Å². The zero-order valence-corrected chi connectivity index (χ0v) is 10.6. The van der Waals surface area contributed by atoms with Gasteiger partial charge in [-0.3, -0.25) is 0 Å². The maximum absolute atomic E-state index is 6.02. The Hall–Kier alpha value is -1.61. The van der Waals surface area contributed by atoms with Gasteiger partial charge in [-0.1, -0.05) is 19.1 Å². The number of hydrogen-bond donors (Lipinski definition) is 2. The topological polar surface area (TPSA) is 52.0 Å². The highest BCUT2D eigenvalue weighted by Gasteiger charge is 2.04. The second-order valence-corrected chi connectivity index (χ2v) is 5.14. The van der Waals surface area contributed by atoms with E-state index < -0.39 is 0 Å². The van der Waals surface area contributed by atoms with Crippen molar-refractivity contribution in [2.45, 2.75) is 11.8 Å². The molecular weight excluding hydrogens is 228 g/mol. The molecule has 2 rings (SSSR count). The molecule has 0 heterocycles. The molecule has 0 saturated heterocycles. The number of nitrogens with two attached hydrogens (primary N) is 2. The van der Waals surface area contributed by atoms with Crippen LogP contribution in [0.4, 0.5) is 11.4 Å². The molecule has 2 nitrogen and oxygen atoms in total. The first-order chi connectivity index (χ1) is 8.20. The Morgan fingerprint density at radius 1 is 1.06 bits per heavy atom. The van der Waals surface area contributed by atoms with E-state index in [0.29, 0.717) is 0 Å². The van der Waals surface area contributed by atoms with Crippen LogP contribution in [0, 0.1) is 0 Å². The molecule has 0 atom stereocenters. The van der Waals surface area contributed by atoms with E-state index in [0.717, 1.165) is 28.3 Å². The lowest BCUT2D eigenvalue weighted by molar-refractivity contribution is 1.42. The van der Waals surface area contributed by atoms with Crippen LogP contribution in [0.15, 0.2) is 47.4 Å². The second kappa shape index (κ2) is 5.15. The van der Waals surface area contributed by atoms with Gasteiger partial charge in [-0.25, -0.2) is 0 Å². The fraction of sp³-hybridized carbons (Fsp3) is 0.143. The monoisotopic (exact) mass is 244 g/mol. The first-order valence-corrected chi connectivity index (χ1v) is 6.57. The molecule has 0 saturated carbocycles. The zero-order chi connectivity index (χ0) is 12.3. The fourth-order valence-electron chi connectivity index (χ4n) is 1.75. The number of nitrogen functional groups attached to an aromatic ring is 2. The number of anilines is 2. The third kappa shape index (κ3) is 2.74. The van der Waals surface area contributed by atoms with E-state index in [1.807, 2.05) is 42.1 Å². The maximum atomic E-state index is 6.02. The van der Waals surface area contributed by atoms with E-state index in [9.17, 15) is 0 Å².